The van der Waals surface area contributed by atoms with Gasteiger partial charge in [0.25, 0.3) is 0 Å². The van der Waals surface area contributed by atoms with Crippen LogP contribution in [0.3, 0.4) is 0 Å². The molecular formula is C10H14Br2N2. The standard InChI is InChI=1S/C10H14Br2N2/c1-6(14)9(5-13)8-4-7(11)2-3-10(8)12/h2-4,6,9H,5,13-14H2,1H3. The van der Waals surface area contributed by atoms with Crippen LogP contribution in [0.15, 0.2) is 27.1 Å². The van der Waals surface area contributed by atoms with Crippen LogP contribution in [-0.2, 0) is 0 Å². The van der Waals surface area contributed by atoms with Crippen molar-refractivity contribution in [2.24, 2.45) is 11.5 Å². The minimum Gasteiger partial charge on any atom is -0.330 e. The predicted molar refractivity (Wildman–Crippen MR) is 67.3 cm³/mol. The Kier molecular flexibility index (Phi) is 4.57. The first-order valence-electron chi connectivity index (χ1n) is 4.47. The summed E-state index contributed by atoms with van der Waals surface area (Å²) in [6.07, 6.45) is 0. The number of hydrogen-bond acceptors (Lipinski definition) is 2. The molecule has 0 amide bonds. The van der Waals surface area contributed by atoms with Gasteiger partial charge in [-0.15, -0.1) is 0 Å². The maximum atomic E-state index is 5.88. The van der Waals surface area contributed by atoms with Gasteiger partial charge in [0.2, 0.25) is 0 Å². The number of hydrogen-bond donors (Lipinski definition) is 2. The molecule has 0 heterocycles. The van der Waals surface area contributed by atoms with Crippen molar-refractivity contribution in [3.8, 4) is 0 Å². The van der Waals surface area contributed by atoms with E-state index in [-0.39, 0.29) is 12.0 Å². The number of benzene rings is 1. The molecule has 2 nitrogen and oxygen atoms in total. The molecule has 1 aromatic carbocycles. The molecular weight excluding hydrogens is 308 g/mol. The predicted octanol–water partition coefficient (Wildman–Crippen LogP) is 2.60. The van der Waals surface area contributed by atoms with Crippen LogP contribution in [0.2, 0.25) is 0 Å². The Balaban J connectivity index is 3.08. The highest BCUT2D eigenvalue weighted by Gasteiger charge is 2.17. The molecule has 0 bridgehead atoms. The van der Waals surface area contributed by atoms with Gasteiger partial charge < -0.3 is 11.5 Å². The summed E-state index contributed by atoms with van der Waals surface area (Å²) in [5.74, 6) is 0.196. The number of halogens is 2. The summed E-state index contributed by atoms with van der Waals surface area (Å²) in [6.45, 7) is 2.54. The van der Waals surface area contributed by atoms with Crippen molar-refractivity contribution in [2.75, 3.05) is 6.54 Å². The lowest BCUT2D eigenvalue weighted by atomic mass is 9.93. The van der Waals surface area contributed by atoms with E-state index in [1.807, 2.05) is 19.1 Å². The highest BCUT2D eigenvalue weighted by Crippen LogP contribution is 2.29. The molecule has 0 aliphatic carbocycles. The normalized spacial score (nSPS) is 15.2. The van der Waals surface area contributed by atoms with Crippen molar-refractivity contribution in [3.63, 3.8) is 0 Å². The van der Waals surface area contributed by atoms with Gasteiger partial charge in [0, 0.05) is 27.4 Å². The summed E-state index contributed by atoms with van der Waals surface area (Å²) in [6, 6.07) is 6.11. The Morgan fingerprint density at radius 1 is 1.36 bits per heavy atom. The van der Waals surface area contributed by atoms with Gasteiger partial charge in [0.05, 0.1) is 0 Å². The molecule has 1 rings (SSSR count). The fourth-order valence-corrected chi connectivity index (χ4v) is 2.34. The third-order valence-corrected chi connectivity index (χ3v) is 3.46. The van der Waals surface area contributed by atoms with E-state index in [1.165, 1.54) is 0 Å². The van der Waals surface area contributed by atoms with Crippen molar-refractivity contribution >= 4 is 31.9 Å². The molecule has 1 aromatic rings. The lowest BCUT2D eigenvalue weighted by Gasteiger charge is -2.20. The third-order valence-electron chi connectivity index (χ3n) is 2.25. The van der Waals surface area contributed by atoms with Gasteiger partial charge in [0.1, 0.15) is 0 Å². The van der Waals surface area contributed by atoms with Crippen molar-refractivity contribution in [2.45, 2.75) is 18.9 Å². The van der Waals surface area contributed by atoms with Gasteiger partial charge in [-0.05, 0) is 30.7 Å². The molecule has 2 unspecified atom stereocenters. The van der Waals surface area contributed by atoms with Crippen LogP contribution in [0.4, 0.5) is 0 Å². The van der Waals surface area contributed by atoms with Gasteiger partial charge in [-0.1, -0.05) is 31.9 Å². The zero-order valence-electron chi connectivity index (χ0n) is 8.00. The maximum absolute atomic E-state index is 5.88. The SMILES string of the molecule is CC(N)C(CN)c1cc(Br)ccc1Br. The largest absolute Gasteiger partial charge is 0.330 e. The molecule has 0 aliphatic rings. The van der Waals surface area contributed by atoms with Gasteiger partial charge >= 0.3 is 0 Å². The summed E-state index contributed by atoms with van der Waals surface area (Å²) >= 11 is 6.95. The van der Waals surface area contributed by atoms with Gasteiger partial charge in [0.15, 0.2) is 0 Å². The quantitative estimate of drug-likeness (QED) is 0.899. The molecule has 4 N–H and O–H groups in total. The van der Waals surface area contributed by atoms with Gasteiger partial charge in [-0.3, -0.25) is 0 Å². The van der Waals surface area contributed by atoms with Crippen LogP contribution in [0.1, 0.15) is 18.4 Å². The Hall–Kier alpha value is 0.1000. The number of rotatable bonds is 3. The minimum absolute atomic E-state index is 0.0607. The Labute approximate surface area is 101 Å². The number of nitrogens with two attached hydrogens (primary N) is 2. The molecule has 2 atom stereocenters. The van der Waals surface area contributed by atoms with Crippen LogP contribution in [0.5, 0.6) is 0 Å². The smallest absolute Gasteiger partial charge is 0.0211 e. The Morgan fingerprint density at radius 2 is 2.00 bits per heavy atom. The first-order chi connectivity index (χ1) is 6.56. The second-order valence-electron chi connectivity index (χ2n) is 3.37. The zero-order chi connectivity index (χ0) is 10.7. The summed E-state index contributed by atoms with van der Waals surface area (Å²) in [7, 11) is 0. The maximum Gasteiger partial charge on any atom is 0.0211 e. The van der Waals surface area contributed by atoms with Crippen LogP contribution in [0.25, 0.3) is 0 Å². The second-order valence-corrected chi connectivity index (χ2v) is 5.14. The topological polar surface area (TPSA) is 52.0 Å². The zero-order valence-corrected chi connectivity index (χ0v) is 11.2. The van der Waals surface area contributed by atoms with Crippen molar-refractivity contribution < 1.29 is 0 Å². The second kappa shape index (κ2) is 5.26. The van der Waals surface area contributed by atoms with E-state index in [2.05, 4.69) is 37.9 Å². The lowest BCUT2D eigenvalue weighted by molar-refractivity contribution is 0.575. The summed E-state index contributed by atoms with van der Waals surface area (Å²) in [5, 5.41) is 0. The fraction of sp³-hybridized carbons (Fsp3) is 0.400. The highest BCUT2D eigenvalue weighted by molar-refractivity contribution is 9.11. The summed E-state index contributed by atoms with van der Waals surface area (Å²) in [4.78, 5) is 0. The molecule has 14 heavy (non-hydrogen) atoms. The van der Waals surface area contributed by atoms with Crippen LogP contribution in [-0.4, -0.2) is 12.6 Å². The third kappa shape index (κ3) is 2.79. The fourth-order valence-electron chi connectivity index (χ4n) is 1.42. The molecule has 0 radical (unpaired) electrons. The lowest BCUT2D eigenvalue weighted by Crippen LogP contribution is -2.30. The molecule has 0 aliphatic heterocycles. The molecule has 0 aromatic heterocycles. The van der Waals surface area contributed by atoms with Crippen molar-refractivity contribution in [1.82, 2.24) is 0 Å². The molecule has 0 saturated heterocycles. The molecule has 0 spiro atoms. The summed E-state index contributed by atoms with van der Waals surface area (Å²) in [5.41, 5.74) is 12.8. The minimum atomic E-state index is 0.0607. The molecule has 0 saturated carbocycles. The summed E-state index contributed by atoms with van der Waals surface area (Å²) < 4.78 is 2.11. The van der Waals surface area contributed by atoms with Crippen LogP contribution in [0, 0.1) is 0 Å². The Bertz CT molecular complexity index is 313. The van der Waals surface area contributed by atoms with Gasteiger partial charge in [-0.2, -0.15) is 0 Å². The van der Waals surface area contributed by atoms with E-state index < -0.39 is 0 Å². The van der Waals surface area contributed by atoms with Crippen molar-refractivity contribution in [3.05, 3.63) is 32.7 Å². The first-order valence-corrected chi connectivity index (χ1v) is 6.05. The monoisotopic (exact) mass is 320 g/mol. The highest BCUT2D eigenvalue weighted by atomic mass is 79.9. The van der Waals surface area contributed by atoms with E-state index in [0.717, 1.165) is 14.5 Å². The first kappa shape index (κ1) is 12.2. The molecule has 78 valence electrons. The van der Waals surface area contributed by atoms with E-state index in [0.29, 0.717) is 6.54 Å². The van der Waals surface area contributed by atoms with Crippen LogP contribution < -0.4 is 11.5 Å². The molecule has 4 heteroatoms. The average Bonchev–Trinajstić information content (AvgIpc) is 2.11. The molecule has 0 fully saturated rings. The average molecular weight is 322 g/mol. The van der Waals surface area contributed by atoms with E-state index in [1.54, 1.807) is 0 Å². The van der Waals surface area contributed by atoms with Gasteiger partial charge in [-0.25, -0.2) is 0 Å². The van der Waals surface area contributed by atoms with E-state index >= 15 is 0 Å². The Morgan fingerprint density at radius 3 is 2.50 bits per heavy atom. The van der Waals surface area contributed by atoms with Crippen LogP contribution >= 0.6 is 31.9 Å². The van der Waals surface area contributed by atoms with Crippen molar-refractivity contribution in [1.29, 1.82) is 0 Å². The van der Waals surface area contributed by atoms with E-state index in [4.69, 9.17) is 11.5 Å². The van der Waals surface area contributed by atoms with E-state index in [9.17, 15) is 0 Å².